The Labute approximate surface area is 122 Å². The van der Waals surface area contributed by atoms with E-state index in [2.05, 4.69) is 31.1 Å². The lowest BCUT2D eigenvalue weighted by atomic mass is 10.1. The van der Waals surface area contributed by atoms with E-state index >= 15 is 0 Å². The van der Waals surface area contributed by atoms with Crippen LogP contribution < -0.4 is 11.1 Å². The molecule has 1 saturated carbocycles. The number of ether oxygens (including phenoxy) is 1. The summed E-state index contributed by atoms with van der Waals surface area (Å²) >= 11 is 0. The van der Waals surface area contributed by atoms with Gasteiger partial charge in [0.1, 0.15) is 0 Å². The van der Waals surface area contributed by atoms with E-state index in [0.717, 1.165) is 32.1 Å². The SMILES string of the molecule is CC(C)(C)NC(N)=NCCCOCC1CC1.I. The van der Waals surface area contributed by atoms with Crippen molar-refractivity contribution in [3.8, 4) is 0 Å². The molecular weight excluding hydrogens is 329 g/mol. The average Bonchev–Trinajstić information content (AvgIpc) is 2.91. The maximum absolute atomic E-state index is 5.73. The molecule has 1 aliphatic carbocycles. The van der Waals surface area contributed by atoms with Crippen molar-refractivity contribution in [2.45, 2.75) is 45.6 Å². The van der Waals surface area contributed by atoms with Gasteiger partial charge in [-0.1, -0.05) is 0 Å². The summed E-state index contributed by atoms with van der Waals surface area (Å²) in [6, 6.07) is 0. The van der Waals surface area contributed by atoms with Crippen molar-refractivity contribution in [3.63, 3.8) is 0 Å². The normalized spacial score (nSPS) is 16.5. The smallest absolute Gasteiger partial charge is 0.188 e. The third kappa shape index (κ3) is 10.8. The average molecular weight is 355 g/mol. The molecule has 0 radical (unpaired) electrons. The summed E-state index contributed by atoms with van der Waals surface area (Å²) in [5, 5.41) is 3.13. The largest absolute Gasteiger partial charge is 0.381 e. The minimum Gasteiger partial charge on any atom is -0.381 e. The van der Waals surface area contributed by atoms with E-state index in [1.165, 1.54) is 12.8 Å². The maximum atomic E-state index is 5.73. The molecule has 0 saturated heterocycles. The lowest BCUT2D eigenvalue weighted by molar-refractivity contribution is 0.123. The minimum absolute atomic E-state index is 0. The van der Waals surface area contributed by atoms with Gasteiger partial charge in [0.2, 0.25) is 0 Å². The minimum atomic E-state index is -0.0178. The first-order chi connectivity index (χ1) is 7.47. The zero-order valence-corrected chi connectivity index (χ0v) is 13.5. The number of halogens is 1. The van der Waals surface area contributed by atoms with Gasteiger partial charge in [0.25, 0.3) is 0 Å². The Morgan fingerprint density at radius 3 is 2.59 bits per heavy atom. The molecule has 1 rings (SSSR count). The van der Waals surface area contributed by atoms with E-state index in [9.17, 15) is 0 Å². The van der Waals surface area contributed by atoms with Crippen LogP contribution in [0.3, 0.4) is 0 Å². The second-order valence-corrected chi connectivity index (χ2v) is 5.51. The maximum Gasteiger partial charge on any atom is 0.188 e. The summed E-state index contributed by atoms with van der Waals surface area (Å²) < 4.78 is 5.51. The fourth-order valence-corrected chi connectivity index (χ4v) is 1.32. The molecular formula is C12H26IN3O. The molecule has 4 nitrogen and oxygen atoms in total. The molecule has 0 atom stereocenters. The molecule has 5 heteroatoms. The van der Waals surface area contributed by atoms with Crippen LogP contribution in [0.25, 0.3) is 0 Å². The number of nitrogens with two attached hydrogens (primary N) is 1. The van der Waals surface area contributed by atoms with Crippen LogP contribution in [0.15, 0.2) is 4.99 Å². The van der Waals surface area contributed by atoms with Crippen LogP contribution in [0.1, 0.15) is 40.0 Å². The van der Waals surface area contributed by atoms with Gasteiger partial charge in [-0.2, -0.15) is 0 Å². The highest BCUT2D eigenvalue weighted by Gasteiger charge is 2.20. The third-order valence-corrected chi connectivity index (χ3v) is 2.28. The second-order valence-electron chi connectivity index (χ2n) is 5.51. The summed E-state index contributed by atoms with van der Waals surface area (Å²) in [5.74, 6) is 1.37. The number of rotatable bonds is 6. The van der Waals surface area contributed by atoms with Crippen molar-refractivity contribution in [1.29, 1.82) is 0 Å². The molecule has 0 spiro atoms. The van der Waals surface area contributed by atoms with Crippen LogP contribution in [-0.2, 0) is 4.74 Å². The van der Waals surface area contributed by atoms with Crippen LogP contribution in [0.5, 0.6) is 0 Å². The fraction of sp³-hybridized carbons (Fsp3) is 0.917. The van der Waals surface area contributed by atoms with E-state index < -0.39 is 0 Å². The van der Waals surface area contributed by atoms with Crippen molar-refractivity contribution in [3.05, 3.63) is 0 Å². The zero-order valence-electron chi connectivity index (χ0n) is 11.2. The van der Waals surface area contributed by atoms with Gasteiger partial charge in [0.05, 0.1) is 0 Å². The Morgan fingerprint density at radius 1 is 1.41 bits per heavy atom. The molecule has 17 heavy (non-hydrogen) atoms. The van der Waals surface area contributed by atoms with Gasteiger partial charge >= 0.3 is 0 Å². The van der Waals surface area contributed by atoms with Crippen LogP contribution >= 0.6 is 24.0 Å². The zero-order chi connectivity index (χ0) is 12.0. The van der Waals surface area contributed by atoms with E-state index in [0.29, 0.717) is 5.96 Å². The molecule has 102 valence electrons. The van der Waals surface area contributed by atoms with Crippen LogP contribution in [-0.4, -0.2) is 31.3 Å². The van der Waals surface area contributed by atoms with Gasteiger partial charge in [-0.3, -0.25) is 4.99 Å². The Balaban J connectivity index is 0.00000256. The topological polar surface area (TPSA) is 59.6 Å². The van der Waals surface area contributed by atoms with Gasteiger partial charge in [-0.15, -0.1) is 24.0 Å². The predicted octanol–water partition coefficient (Wildman–Crippen LogP) is 2.12. The molecule has 0 unspecified atom stereocenters. The monoisotopic (exact) mass is 355 g/mol. The highest BCUT2D eigenvalue weighted by atomic mass is 127. The summed E-state index contributed by atoms with van der Waals surface area (Å²) in [6.45, 7) is 8.65. The van der Waals surface area contributed by atoms with Crippen LogP contribution in [0.4, 0.5) is 0 Å². The Morgan fingerprint density at radius 2 is 2.06 bits per heavy atom. The van der Waals surface area contributed by atoms with Gasteiger partial charge in [-0.25, -0.2) is 0 Å². The van der Waals surface area contributed by atoms with E-state index in [4.69, 9.17) is 10.5 Å². The lowest BCUT2D eigenvalue weighted by Crippen LogP contribution is -2.45. The molecule has 0 aromatic rings. The predicted molar refractivity (Wildman–Crippen MR) is 83.0 cm³/mol. The quantitative estimate of drug-likeness (QED) is 0.332. The van der Waals surface area contributed by atoms with Crippen molar-refractivity contribution in [1.82, 2.24) is 5.32 Å². The molecule has 1 fully saturated rings. The summed E-state index contributed by atoms with van der Waals surface area (Å²) in [7, 11) is 0. The highest BCUT2D eigenvalue weighted by molar-refractivity contribution is 14.0. The second kappa shape index (κ2) is 8.13. The first-order valence-electron chi connectivity index (χ1n) is 6.13. The van der Waals surface area contributed by atoms with Crippen molar-refractivity contribution >= 4 is 29.9 Å². The number of aliphatic imine (C=N–C) groups is 1. The molecule has 0 amide bonds. The lowest BCUT2D eigenvalue weighted by Gasteiger charge is -2.20. The summed E-state index contributed by atoms with van der Waals surface area (Å²) in [5.41, 5.74) is 5.71. The van der Waals surface area contributed by atoms with Crippen molar-refractivity contribution < 1.29 is 4.74 Å². The van der Waals surface area contributed by atoms with Crippen molar-refractivity contribution in [2.75, 3.05) is 19.8 Å². The summed E-state index contributed by atoms with van der Waals surface area (Å²) in [6.07, 6.45) is 3.64. The number of nitrogens with one attached hydrogen (secondary N) is 1. The standard InChI is InChI=1S/C12H25N3O.HI/c1-12(2,3)15-11(13)14-7-4-8-16-9-10-5-6-10;/h10H,4-9H2,1-3H3,(H3,13,14,15);1H. The number of hydrogen-bond acceptors (Lipinski definition) is 2. The number of hydrogen-bond donors (Lipinski definition) is 2. The number of nitrogens with zero attached hydrogens (tertiary/aromatic N) is 1. The Kier molecular flexibility index (Phi) is 8.11. The van der Waals surface area contributed by atoms with E-state index in [1.807, 2.05) is 0 Å². The Hall–Kier alpha value is -0.0400. The first kappa shape index (κ1) is 17.0. The third-order valence-electron chi connectivity index (χ3n) is 2.28. The number of guanidine groups is 1. The van der Waals surface area contributed by atoms with E-state index in [-0.39, 0.29) is 29.5 Å². The van der Waals surface area contributed by atoms with Gasteiger partial charge < -0.3 is 15.8 Å². The Bertz CT molecular complexity index is 234. The van der Waals surface area contributed by atoms with Crippen molar-refractivity contribution in [2.24, 2.45) is 16.6 Å². The highest BCUT2D eigenvalue weighted by Crippen LogP contribution is 2.28. The van der Waals surface area contributed by atoms with Gasteiger partial charge in [-0.05, 0) is 46.0 Å². The molecule has 0 bridgehead atoms. The van der Waals surface area contributed by atoms with Crippen LogP contribution in [0, 0.1) is 5.92 Å². The summed E-state index contributed by atoms with van der Waals surface area (Å²) in [4.78, 5) is 4.25. The van der Waals surface area contributed by atoms with Crippen LogP contribution in [0.2, 0.25) is 0 Å². The molecule has 0 aromatic carbocycles. The fourth-order valence-electron chi connectivity index (χ4n) is 1.32. The first-order valence-corrected chi connectivity index (χ1v) is 6.13. The van der Waals surface area contributed by atoms with Gasteiger partial charge in [0, 0.05) is 25.3 Å². The molecule has 3 N–H and O–H groups in total. The molecule has 1 aliphatic rings. The van der Waals surface area contributed by atoms with Gasteiger partial charge in [0.15, 0.2) is 5.96 Å². The molecule has 0 heterocycles. The molecule has 0 aliphatic heterocycles. The van der Waals surface area contributed by atoms with E-state index in [1.54, 1.807) is 0 Å². The molecule has 0 aromatic heterocycles.